The number of ether oxygens (including phenoxy) is 1. The molecule has 1 aromatic carbocycles. The summed E-state index contributed by atoms with van der Waals surface area (Å²) in [6, 6.07) is 6.64. The number of amides is 2. The third-order valence-corrected chi connectivity index (χ3v) is 2.61. The van der Waals surface area contributed by atoms with Gasteiger partial charge in [-0.05, 0) is 18.6 Å². The summed E-state index contributed by atoms with van der Waals surface area (Å²) in [5, 5.41) is 2.74. The topological polar surface area (TPSA) is 107 Å². The highest BCUT2D eigenvalue weighted by molar-refractivity contribution is 5.91. The lowest BCUT2D eigenvalue weighted by Crippen LogP contribution is -2.26. The predicted octanol–water partition coefficient (Wildman–Crippen LogP) is 1.01. The molecule has 6 heteroatoms. The van der Waals surface area contributed by atoms with Crippen LogP contribution >= 0.6 is 0 Å². The zero-order valence-electron chi connectivity index (χ0n) is 11.6. The summed E-state index contributed by atoms with van der Waals surface area (Å²) in [5.74, 6) is -0.220. The number of nitrogens with one attached hydrogen (secondary N) is 1. The van der Waals surface area contributed by atoms with Gasteiger partial charge in [-0.15, -0.1) is 0 Å². The fraction of sp³-hybridized carbons (Fsp3) is 0.429. The molecule has 1 atom stereocenters. The maximum atomic E-state index is 11.8. The Morgan fingerprint density at radius 3 is 2.80 bits per heavy atom. The molecule has 0 radical (unpaired) electrons. The molecule has 0 bridgehead atoms. The molecule has 0 fully saturated rings. The molecule has 0 spiro atoms. The molecule has 0 aliphatic heterocycles. The maximum absolute atomic E-state index is 11.8. The van der Waals surface area contributed by atoms with E-state index in [4.69, 9.17) is 16.2 Å². The molecule has 2 amide bonds. The average molecular weight is 279 g/mol. The van der Waals surface area contributed by atoms with Gasteiger partial charge in [0, 0.05) is 24.2 Å². The summed E-state index contributed by atoms with van der Waals surface area (Å²) in [7, 11) is 0. The van der Waals surface area contributed by atoms with E-state index in [1.165, 1.54) is 0 Å². The van der Waals surface area contributed by atoms with Crippen LogP contribution in [0.15, 0.2) is 24.3 Å². The molecule has 0 saturated heterocycles. The number of primary amides is 1. The normalized spacial score (nSPS) is 11.7. The van der Waals surface area contributed by atoms with Gasteiger partial charge in [-0.2, -0.15) is 0 Å². The lowest BCUT2D eigenvalue weighted by Gasteiger charge is -2.11. The second kappa shape index (κ2) is 8.16. The van der Waals surface area contributed by atoms with Gasteiger partial charge in [0.25, 0.3) is 5.91 Å². The second-order valence-corrected chi connectivity index (χ2v) is 4.58. The van der Waals surface area contributed by atoms with Crippen LogP contribution in [0.4, 0.5) is 5.69 Å². The second-order valence-electron chi connectivity index (χ2n) is 4.58. The van der Waals surface area contributed by atoms with Gasteiger partial charge in [0.1, 0.15) is 5.75 Å². The van der Waals surface area contributed by atoms with Crippen molar-refractivity contribution >= 4 is 17.5 Å². The molecule has 110 valence electrons. The first-order chi connectivity index (χ1) is 9.51. The average Bonchev–Trinajstić information content (AvgIpc) is 2.36. The van der Waals surface area contributed by atoms with E-state index in [1.807, 2.05) is 6.92 Å². The fourth-order valence-corrected chi connectivity index (χ4v) is 1.74. The molecule has 1 aromatic rings. The van der Waals surface area contributed by atoms with Gasteiger partial charge < -0.3 is 21.5 Å². The predicted molar refractivity (Wildman–Crippen MR) is 77.3 cm³/mol. The van der Waals surface area contributed by atoms with E-state index in [0.717, 1.165) is 12.8 Å². The molecule has 0 saturated carbocycles. The lowest BCUT2D eigenvalue weighted by molar-refractivity contribution is -0.120. The van der Waals surface area contributed by atoms with E-state index < -0.39 is 5.91 Å². The SMILES string of the molecule is CCCC(N)CC(=O)Nc1cccc(OCC(N)=O)c1. The molecular weight excluding hydrogens is 258 g/mol. The van der Waals surface area contributed by atoms with Gasteiger partial charge >= 0.3 is 0 Å². The third kappa shape index (κ3) is 6.19. The number of nitrogens with two attached hydrogens (primary N) is 2. The van der Waals surface area contributed by atoms with Crippen LogP contribution in [0.2, 0.25) is 0 Å². The van der Waals surface area contributed by atoms with Crippen molar-refractivity contribution in [2.24, 2.45) is 11.5 Å². The van der Waals surface area contributed by atoms with Crippen molar-refractivity contribution in [1.82, 2.24) is 0 Å². The van der Waals surface area contributed by atoms with E-state index in [0.29, 0.717) is 11.4 Å². The zero-order chi connectivity index (χ0) is 15.0. The minimum Gasteiger partial charge on any atom is -0.484 e. The van der Waals surface area contributed by atoms with Crippen LogP contribution in [0.3, 0.4) is 0 Å². The van der Waals surface area contributed by atoms with Gasteiger partial charge in [0.15, 0.2) is 6.61 Å². The summed E-state index contributed by atoms with van der Waals surface area (Å²) < 4.78 is 5.16. The molecule has 1 rings (SSSR count). The molecule has 20 heavy (non-hydrogen) atoms. The van der Waals surface area contributed by atoms with E-state index in [1.54, 1.807) is 24.3 Å². The van der Waals surface area contributed by atoms with Crippen LogP contribution < -0.4 is 21.5 Å². The Balaban J connectivity index is 2.52. The summed E-state index contributed by atoms with van der Waals surface area (Å²) in [4.78, 5) is 22.4. The highest BCUT2D eigenvalue weighted by atomic mass is 16.5. The Hall–Kier alpha value is -2.08. The minimum absolute atomic E-state index is 0.130. The maximum Gasteiger partial charge on any atom is 0.255 e. The molecule has 0 aliphatic carbocycles. The Morgan fingerprint density at radius 1 is 1.40 bits per heavy atom. The van der Waals surface area contributed by atoms with Gasteiger partial charge in [-0.1, -0.05) is 19.4 Å². The summed E-state index contributed by atoms with van der Waals surface area (Å²) in [6.07, 6.45) is 2.04. The van der Waals surface area contributed by atoms with Crippen LogP contribution in [-0.4, -0.2) is 24.5 Å². The molecular formula is C14H21N3O3. The molecule has 0 aromatic heterocycles. The number of carbonyl (C=O) groups is 2. The smallest absolute Gasteiger partial charge is 0.255 e. The van der Waals surface area contributed by atoms with Crippen LogP contribution in [-0.2, 0) is 9.59 Å². The highest BCUT2D eigenvalue weighted by Gasteiger charge is 2.09. The number of anilines is 1. The molecule has 1 unspecified atom stereocenters. The Morgan fingerprint density at radius 2 is 2.15 bits per heavy atom. The van der Waals surface area contributed by atoms with Gasteiger partial charge in [0.2, 0.25) is 5.91 Å². The van der Waals surface area contributed by atoms with E-state index in [9.17, 15) is 9.59 Å². The van der Waals surface area contributed by atoms with Crippen LogP contribution in [0.1, 0.15) is 26.2 Å². The Bertz CT molecular complexity index is 463. The first-order valence-electron chi connectivity index (χ1n) is 6.58. The number of hydrogen-bond donors (Lipinski definition) is 3. The first kappa shape index (κ1) is 16.0. The van der Waals surface area contributed by atoms with Gasteiger partial charge in [-0.25, -0.2) is 0 Å². The monoisotopic (exact) mass is 279 g/mol. The fourth-order valence-electron chi connectivity index (χ4n) is 1.74. The van der Waals surface area contributed by atoms with Crippen molar-refractivity contribution in [2.75, 3.05) is 11.9 Å². The summed E-state index contributed by atoms with van der Waals surface area (Å²) >= 11 is 0. The minimum atomic E-state index is -0.551. The highest BCUT2D eigenvalue weighted by Crippen LogP contribution is 2.17. The molecule has 0 aliphatic rings. The summed E-state index contributed by atoms with van der Waals surface area (Å²) in [5.41, 5.74) is 11.4. The standard InChI is InChI=1S/C14H21N3O3/c1-2-4-10(15)7-14(19)17-11-5-3-6-12(8-11)20-9-13(16)18/h3,5-6,8,10H,2,4,7,9,15H2,1H3,(H2,16,18)(H,17,19). The van der Waals surface area contributed by atoms with E-state index in [-0.39, 0.29) is 25.0 Å². The van der Waals surface area contributed by atoms with Gasteiger partial charge in [-0.3, -0.25) is 9.59 Å². The van der Waals surface area contributed by atoms with E-state index in [2.05, 4.69) is 5.32 Å². The Labute approximate surface area is 118 Å². The van der Waals surface area contributed by atoms with Gasteiger partial charge in [0.05, 0.1) is 0 Å². The third-order valence-electron chi connectivity index (χ3n) is 2.61. The van der Waals surface area contributed by atoms with Crippen molar-refractivity contribution in [3.05, 3.63) is 24.3 Å². The quantitative estimate of drug-likeness (QED) is 0.660. The summed E-state index contributed by atoms with van der Waals surface area (Å²) in [6.45, 7) is 1.83. The number of rotatable bonds is 8. The van der Waals surface area contributed by atoms with Crippen LogP contribution in [0.25, 0.3) is 0 Å². The number of carbonyl (C=O) groups excluding carboxylic acids is 2. The van der Waals surface area contributed by atoms with E-state index >= 15 is 0 Å². The zero-order valence-corrected chi connectivity index (χ0v) is 11.6. The first-order valence-corrected chi connectivity index (χ1v) is 6.58. The van der Waals surface area contributed by atoms with Crippen molar-refractivity contribution in [3.63, 3.8) is 0 Å². The van der Waals surface area contributed by atoms with Crippen molar-refractivity contribution in [3.8, 4) is 5.75 Å². The number of benzene rings is 1. The van der Waals surface area contributed by atoms with Crippen LogP contribution in [0.5, 0.6) is 5.75 Å². The largest absolute Gasteiger partial charge is 0.484 e. The molecule has 6 nitrogen and oxygen atoms in total. The van der Waals surface area contributed by atoms with Crippen molar-refractivity contribution in [1.29, 1.82) is 0 Å². The molecule has 5 N–H and O–H groups in total. The molecule has 0 heterocycles. The number of hydrogen-bond acceptors (Lipinski definition) is 4. The lowest BCUT2D eigenvalue weighted by atomic mass is 10.1. The Kier molecular flexibility index (Phi) is 6.52. The van der Waals surface area contributed by atoms with Crippen molar-refractivity contribution < 1.29 is 14.3 Å². The van der Waals surface area contributed by atoms with Crippen molar-refractivity contribution in [2.45, 2.75) is 32.2 Å². The van der Waals surface area contributed by atoms with Crippen LogP contribution in [0, 0.1) is 0 Å².